The molecular formula is C30H33N3O7. The fraction of sp³-hybridized carbons (Fsp3) is 0.367. The standard InChI is InChI=1S/C30H33N3O7/c1-37-24-11-10-21(19-26(24)38-2)12-15-31-27(34)23-20-40-30(33(23)28(35)22-7-4-3-5-8-22)13-16-32(17-14-30)29(36)25-9-6-18-39-25/h3-11,18-19,23H,12-17,20H2,1-2H3,(H,31,34)/t23-/m1/s1. The van der Waals surface area contributed by atoms with Gasteiger partial charge in [0.25, 0.3) is 11.8 Å². The van der Waals surface area contributed by atoms with E-state index in [0.717, 1.165) is 5.56 Å². The first-order valence-corrected chi connectivity index (χ1v) is 13.3. The lowest BCUT2D eigenvalue weighted by atomic mass is 9.96. The minimum Gasteiger partial charge on any atom is -0.493 e. The van der Waals surface area contributed by atoms with Crippen molar-refractivity contribution >= 4 is 17.7 Å². The molecule has 210 valence electrons. The van der Waals surface area contributed by atoms with Crippen LogP contribution in [0.5, 0.6) is 11.5 Å². The van der Waals surface area contributed by atoms with Crippen LogP contribution in [-0.2, 0) is 16.0 Å². The van der Waals surface area contributed by atoms with Crippen molar-refractivity contribution in [3.05, 3.63) is 83.8 Å². The highest BCUT2D eigenvalue weighted by atomic mass is 16.5. The van der Waals surface area contributed by atoms with Gasteiger partial charge >= 0.3 is 0 Å². The van der Waals surface area contributed by atoms with Gasteiger partial charge in [-0.15, -0.1) is 0 Å². The van der Waals surface area contributed by atoms with Gasteiger partial charge in [0.15, 0.2) is 17.3 Å². The molecule has 0 unspecified atom stereocenters. The first-order chi connectivity index (χ1) is 19.5. The second-order valence-corrected chi connectivity index (χ2v) is 9.81. The molecule has 2 aromatic carbocycles. The molecule has 1 aromatic heterocycles. The Bertz CT molecular complexity index is 1330. The van der Waals surface area contributed by atoms with E-state index in [2.05, 4.69) is 5.32 Å². The summed E-state index contributed by atoms with van der Waals surface area (Å²) in [6.45, 7) is 1.18. The van der Waals surface area contributed by atoms with E-state index in [1.807, 2.05) is 24.3 Å². The van der Waals surface area contributed by atoms with Crippen molar-refractivity contribution in [3.63, 3.8) is 0 Å². The van der Waals surface area contributed by atoms with Crippen LogP contribution in [-0.4, -0.2) is 79.7 Å². The summed E-state index contributed by atoms with van der Waals surface area (Å²) < 4.78 is 22.2. The molecule has 0 aliphatic carbocycles. The highest BCUT2D eigenvalue weighted by Gasteiger charge is 2.54. The number of nitrogens with zero attached hydrogens (tertiary/aromatic N) is 2. The van der Waals surface area contributed by atoms with Gasteiger partial charge in [-0.25, -0.2) is 0 Å². The van der Waals surface area contributed by atoms with Gasteiger partial charge in [0, 0.05) is 38.0 Å². The van der Waals surface area contributed by atoms with E-state index in [-0.39, 0.29) is 30.1 Å². The number of amides is 3. The Morgan fingerprint density at radius 2 is 1.70 bits per heavy atom. The summed E-state index contributed by atoms with van der Waals surface area (Å²) in [5.74, 6) is 0.764. The number of carbonyl (C=O) groups excluding carboxylic acids is 3. The second-order valence-electron chi connectivity index (χ2n) is 9.81. The van der Waals surface area contributed by atoms with Crippen molar-refractivity contribution in [2.24, 2.45) is 0 Å². The van der Waals surface area contributed by atoms with Crippen molar-refractivity contribution in [1.82, 2.24) is 15.1 Å². The maximum atomic E-state index is 13.8. The lowest BCUT2D eigenvalue weighted by Gasteiger charge is -2.44. The lowest BCUT2D eigenvalue weighted by molar-refractivity contribution is -0.128. The Labute approximate surface area is 232 Å². The maximum absolute atomic E-state index is 13.8. The van der Waals surface area contributed by atoms with Gasteiger partial charge in [-0.05, 0) is 48.4 Å². The molecule has 3 heterocycles. The zero-order valence-electron chi connectivity index (χ0n) is 22.6. The molecule has 3 amide bonds. The summed E-state index contributed by atoms with van der Waals surface area (Å²) in [5, 5.41) is 2.98. The molecule has 0 bridgehead atoms. The molecule has 1 spiro atoms. The monoisotopic (exact) mass is 547 g/mol. The maximum Gasteiger partial charge on any atom is 0.289 e. The van der Waals surface area contributed by atoms with Crippen molar-refractivity contribution in [1.29, 1.82) is 0 Å². The summed E-state index contributed by atoms with van der Waals surface area (Å²) in [6.07, 6.45) is 2.80. The number of benzene rings is 2. The third-order valence-corrected chi connectivity index (χ3v) is 7.53. The zero-order valence-corrected chi connectivity index (χ0v) is 22.6. The Kier molecular flexibility index (Phi) is 8.06. The van der Waals surface area contributed by atoms with E-state index in [1.54, 1.807) is 60.4 Å². The third-order valence-electron chi connectivity index (χ3n) is 7.53. The topological polar surface area (TPSA) is 111 Å². The molecule has 2 saturated heterocycles. The van der Waals surface area contributed by atoms with Gasteiger partial charge < -0.3 is 28.8 Å². The average Bonchev–Trinajstić information content (AvgIpc) is 3.66. The average molecular weight is 548 g/mol. The van der Waals surface area contributed by atoms with Gasteiger partial charge in [-0.2, -0.15) is 0 Å². The van der Waals surface area contributed by atoms with Crippen LogP contribution in [0.25, 0.3) is 0 Å². The molecule has 40 heavy (non-hydrogen) atoms. The van der Waals surface area contributed by atoms with E-state index in [9.17, 15) is 14.4 Å². The van der Waals surface area contributed by atoms with Crippen LogP contribution < -0.4 is 14.8 Å². The number of hydrogen-bond donors (Lipinski definition) is 1. The van der Waals surface area contributed by atoms with Crippen LogP contribution in [0, 0.1) is 0 Å². The first-order valence-electron chi connectivity index (χ1n) is 13.3. The summed E-state index contributed by atoms with van der Waals surface area (Å²) in [6, 6.07) is 17.0. The molecule has 3 aromatic rings. The Hall–Kier alpha value is -4.31. The smallest absolute Gasteiger partial charge is 0.289 e. The van der Waals surface area contributed by atoms with E-state index in [1.165, 1.54) is 6.26 Å². The minimum atomic E-state index is -0.988. The number of nitrogens with one attached hydrogen (secondary N) is 1. The molecule has 2 aliphatic heterocycles. The third kappa shape index (κ3) is 5.40. The fourth-order valence-corrected chi connectivity index (χ4v) is 5.39. The number of methoxy groups -OCH3 is 2. The Morgan fingerprint density at radius 3 is 2.38 bits per heavy atom. The number of hydrogen-bond acceptors (Lipinski definition) is 7. The van der Waals surface area contributed by atoms with E-state index in [0.29, 0.717) is 56.0 Å². The highest BCUT2D eigenvalue weighted by molar-refractivity contribution is 5.98. The molecule has 10 nitrogen and oxygen atoms in total. The molecular weight excluding hydrogens is 514 g/mol. The first kappa shape index (κ1) is 27.3. The van der Waals surface area contributed by atoms with E-state index < -0.39 is 11.8 Å². The number of ether oxygens (including phenoxy) is 3. The van der Waals surface area contributed by atoms with Gasteiger partial charge in [-0.3, -0.25) is 19.3 Å². The summed E-state index contributed by atoms with van der Waals surface area (Å²) >= 11 is 0. The normalized spacial score (nSPS) is 18.0. The Morgan fingerprint density at radius 1 is 0.950 bits per heavy atom. The van der Waals surface area contributed by atoms with Gasteiger partial charge in [0.05, 0.1) is 27.1 Å². The quantitative estimate of drug-likeness (QED) is 0.461. The molecule has 0 saturated carbocycles. The number of furan rings is 1. The second kappa shape index (κ2) is 11.8. The van der Waals surface area contributed by atoms with Crippen molar-refractivity contribution in [2.45, 2.75) is 31.0 Å². The van der Waals surface area contributed by atoms with Gasteiger partial charge in [0.1, 0.15) is 11.8 Å². The minimum absolute atomic E-state index is 0.0763. The fourth-order valence-electron chi connectivity index (χ4n) is 5.39. The van der Waals surface area contributed by atoms with E-state index >= 15 is 0 Å². The number of likely N-dealkylation sites (tertiary alicyclic amines) is 1. The largest absolute Gasteiger partial charge is 0.493 e. The lowest BCUT2D eigenvalue weighted by Crippen LogP contribution is -2.59. The molecule has 1 atom stereocenters. The van der Waals surface area contributed by atoms with Crippen LogP contribution in [0.4, 0.5) is 0 Å². The molecule has 1 N–H and O–H groups in total. The number of rotatable bonds is 8. The predicted molar refractivity (Wildman–Crippen MR) is 145 cm³/mol. The molecule has 5 rings (SSSR count). The number of carbonyl (C=O) groups is 3. The highest BCUT2D eigenvalue weighted by Crippen LogP contribution is 2.39. The van der Waals surface area contributed by atoms with Crippen molar-refractivity contribution < 1.29 is 33.0 Å². The Balaban J connectivity index is 1.29. The van der Waals surface area contributed by atoms with Gasteiger partial charge in [-0.1, -0.05) is 24.3 Å². The molecule has 10 heteroatoms. The van der Waals surface area contributed by atoms with Crippen LogP contribution in [0.3, 0.4) is 0 Å². The van der Waals surface area contributed by atoms with Crippen LogP contribution >= 0.6 is 0 Å². The summed E-state index contributed by atoms with van der Waals surface area (Å²) in [7, 11) is 3.16. The van der Waals surface area contributed by atoms with Crippen molar-refractivity contribution in [3.8, 4) is 11.5 Å². The SMILES string of the molecule is COc1ccc(CCNC(=O)[C@H]2COC3(CCN(C(=O)c4ccco4)CC3)N2C(=O)c2ccccc2)cc1OC. The van der Waals surface area contributed by atoms with Crippen LogP contribution in [0.2, 0.25) is 0 Å². The van der Waals surface area contributed by atoms with Crippen molar-refractivity contribution in [2.75, 3.05) is 40.5 Å². The predicted octanol–water partition coefficient (Wildman–Crippen LogP) is 3.13. The van der Waals surface area contributed by atoms with Crippen LogP contribution in [0.1, 0.15) is 39.3 Å². The molecule has 2 fully saturated rings. The van der Waals surface area contributed by atoms with E-state index in [4.69, 9.17) is 18.6 Å². The molecule has 2 aliphatic rings. The number of piperidine rings is 1. The summed E-state index contributed by atoms with van der Waals surface area (Å²) in [5.41, 5.74) is 0.464. The summed E-state index contributed by atoms with van der Waals surface area (Å²) in [4.78, 5) is 43.4. The van der Waals surface area contributed by atoms with Crippen LogP contribution in [0.15, 0.2) is 71.3 Å². The van der Waals surface area contributed by atoms with Gasteiger partial charge in [0.2, 0.25) is 5.91 Å². The molecule has 0 radical (unpaired) electrons. The zero-order chi connectivity index (χ0) is 28.1.